The van der Waals surface area contributed by atoms with Gasteiger partial charge in [-0.3, -0.25) is 10.1 Å². The number of aromatic amines is 2. The van der Waals surface area contributed by atoms with Crippen molar-refractivity contribution in [1.29, 1.82) is 0 Å². The van der Waals surface area contributed by atoms with Gasteiger partial charge >= 0.3 is 0 Å². The number of nitrogens with zero attached hydrogens (tertiary/aromatic N) is 3. The van der Waals surface area contributed by atoms with Gasteiger partial charge in [-0.15, -0.1) is 0 Å². The molecule has 0 bridgehead atoms. The number of phenols is 1. The first-order valence-corrected chi connectivity index (χ1v) is 13.3. The van der Waals surface area contributed by atoms with E-state index in [9.17, 15) is 9.50 Å². The summed E-state index contributed by atoms with van der Waals surface area (Å²) in [6, 6.07) is 26.5. The van der Waals surface area contributed by atoms with Crippen molar-refractivity contribution >= 4 is 21.9 Å². The molecule has 0 fully saturated rings. The summed E-state index contributed by atoms with van der Waals surface area (Å²) >= 11 is 0. The summed E-state index contributed by atoms with van der Waals surface area (Å²) in [7, 11) is 0. The lowest BCUT2D eigenvalue weighted by Gasteiger charge is -2.08. The number of H-pyrrole nitrogens is 2. The average molecular weight is 541 g/mol. The maximum Gasteiger partial charge on any atom is 0.138 e. The van der Waals surface area contributed by atoms with Gasteiger partial charge in [0.25, 0.3) is 0 Å². The van der Waals surface area contributed by atoms with Crippen molar-refractivity contribution in [2.24, 2.45) is 0 Å². The van der Waals surface area contributed by atoms with E-state index in [0.717, 1.165) is 62.5 Å². The Morgan fingerprint density at radius 3 is 2.54 bits per heavy atom. The normalized spacial score (nSPS) is 11.4. The molecular weight excluding hydrogens is 515 g/mol. The first-order valence-electron chi connectivity index (χ1n) is 13.3. The molecule has 0 radical (unpaired) electrons. The number of hydrogen-bond donors (Lipinski definition) is 4. The second-order valence-corrected chi connectivity index (χ2v) is 10.0. The van der Waals surface area contributed by atoms with Crippen LogP contribution in [0.2, 0.25) is 0 Å². The van der Waals surface area contributed by atoms with E-state index in [1.807, 2.05) is 48.8 Å². The molecule has 200 valence electrons. The molecule has 3 aromatic carbocycles. The van der Waals surface area contributed by atoms with Crippen molar-refractivity contribution in [3.63, 3.8) is 0 Å². The fourth-order valence-corrected chi connectivity index (χ4v) is 5.22. The fourth-order valence-electron chi connectivity index (χ4n) is 5.22. The number of rotatable bonds is 7. The Balaban J connectivity index is 1.21. The van der Waals surface area contributed by atoms with Gasteiger partial charge in [-0.2, -0.15) is 5.10 Å². The zero-order valence-corrected chi connectivity index (χ0v) is 21.9. The number of halogens is 1. The zero-order chi connectivity index (χ0) is 27.8. The average Bonchev–Trinajstić information content (AvgIpc) is 3.61. The van der Waals surface area contributed by atoms with Crippen LogP contribution in [0, 0.1) is 5.82 Å². The summed E-state index contributed by atoms with van der Waals surface area (Å²) in [5.41, 5.74) is 8.80. The van der Waals surface area contributed by atoms with Gasteiger partial charge in [0.15, 0.2) is 0 Å². The number of nitrogens with one attached hydrogen (secondary N) is 3. The molecule has 4 aromatic heterocycles. The maximum atomic E-state index is 14.0. The summed E-state index contributed by atoms with van der Waals surface area (Å²) < 4.78 is 14.0. The lowest BCUT2D eigenvalue weighted by Crippen LogP contribution is -2.12. The molecule has 8 heteroatoms. The molecule has 41 heavy (non-hydrogen) atoms. The van der Waals surface area contributed by atoms with E-state index < -0.39 is 5.82 Å². The molecule has 4 N–H and O–H groups in total. The lowest BCUT2D eigenvalue weighted by atomic mass is 10.0. The van der Waals surface area contributed by atoms with Crippen LogP contribution in [0.4, 0.5) is 4.39 Å². The van der Waals surface area contributed by atoms with Crippen molar-refractivity contribution in [3.05, 3.63) is 120 Å². The van der Waals surface area contributed by atoms with Crippen LogP contribution in [0.15, 0.2) is 104 Å². The van der Waals surface area contributed by atoms with Crippen LogP contribution < -0.4 is 5.32 Å². The third-order valence-corrected chi connectivity index (χ3v) is 7.17. The highest BCUT2D eigenvalue weighted by Gasteiger charge is 2.16. The minimum Gasteiger partial charge on any atom is -0.508 e. The molecule has 0 aliphatic carbocycles. The standard InChI is InChI=1S/C33H25FN6O/c34-25-11-23(12-26(41)14-25)27-8-9-37-33-28(27)15-31(38-33)32-29-13-22(6-7-30(29)39-40-32)24-10-21(18-36-19-24)17-35-16-20-4-2-1-3-5-20/h1-15,18-19,35,41H,16-17H2,(H,37,38)(H,39,40). The van der Waals surface area contributed by atoms with Crippen LogP contribution in [0.25, 0.3) is 55.6 Å². The quantitative estimate of drug-likeness (QED) is 0.175. The topological polar surface area (TPSA) is 103 Å². The molecule has 0 atom stereocenters. The van der Waals surface area contributed by atoms with E-state index in [2.05, 4.69) is 60.8 Å². The van der Waals surface area contributed by atoms with Gasteiger partial charge in [-0.1, -0.05) is 36.4 Å². The molecular formula is C33H25FN6O. The van der Waals surface area contributed by atoms with Crippen molar-refractivity contribution in [2.75, 3.05) is 0 Å². The van der Waals surface area contributed by atoms with Crippen LogP contribution in [-0.4, -0.2) is 30.3 Å². The molecule has 0 aliphatic heterocycles. The van der Waals surface area contributed by atoms with E-state index in [1.165, 1.54) is 11.6 Å². The second-order valence-electron chi connectivity index (χ2n) is 10.0. The molecule has 0 aliphatic rings. The first-order chi connectivity index (χ1) is 20.1. The SMILES string of the molecule is Oc1cc(F)cc(-c2ccnc3[nH]c(-c4n[nH]c5ccc(-c6cncc(CNCc7ccccc7)c6)cc45)cc23)c1. The molecule has 7 rings (SSSR count). The number of hydrogen-bond acceptors (Lipinski definition) is 5. The van der Waals surface area contributed by atoms with E-state index in [0.29, 0.717) is 17.8 Å². The Morgan fingerprint density at radius 2 is 1.66 bits per heavy atom. The molecule has 0 unspecified atom stereocenters. The predicted octanol–water partition coefficient (Wildman–Crippen LogP) is 6.97. The van der Waals surface area contributed by atoms with Crippen LogP contribution >= 0.6 is 0 Å². The Hall–Kier alpha value is -5.34. The first kappa shape index (κ1) is 24.7. The van der Waals surface area contributed by atoms with Gasteiger partial charge in [0, 0.05) is 54.1 Å². The van der Waals surface area contributed by atoms with Gasteiger partial charge < -0.3 is 15.4 Å². The Labute approximate surface area is 234 Å². The highest BCUT2D eigenvalue weighted by atomic mass is 19.1. The molecule has 0 saturated heterocycles. The van der Waals surface area contributed by atoms with Gasteiger partial charge in [-0.25, -0.2) is 9.37 Å². The molecule has 0 saturated carbocycles. The number of benzene rings is 3. The predicted molar refractivity (Wildman–Crippen MR) is 158 cm³/mol. The molecule has 7 aromatic rings. The van der Waals surface area contributed by atoms with E-state index >= 15 is 0 Å². The summed E-state index contributed by atoms with van der Waals surface area (Å²) in [6.07, 6.45) is 5.42. The van der Waals surface area contributed by atoms with Crippen LogP contribution in [0.1, 0.15) is 11.1 Å². The number of phenolic OH excluding ortho intramolecular Hbond substituents is 1. The largest absolute Gasteiger partial charge is 0.508 e. The van der Waals surface area contributed by atoms with E-state index in [1.54, 1.807) is 12.3 Å². The maximum absolute atomic E-state index is 14.0. The van der Waals surface area contributed by atoms with Crippen LogP contribution in [0.5, 0.6) is 5.75 Å². The number of aromatic hydroxyl groups is 1. The number of aromatic nitrogens is 5. The van der Waals surface area contributed by atoms with Crippen molar-refractivity contribution in [1.82, 2.24) is 30.5 Å². The molecule has 7 nitrogen and oxygen atoms in total. The van der Waals surface area contributed by atoms with Crippen molar-refractivity contribution < 1.29 is 9.50 Å². The van der Waals surface area contributed by atoms with Gasteiger partial charge in [0.1, 0.15) is 22.9 Å². The Bertz CT molecular complexity index is 1990. The molecule has 0 spiro atoms. The monoisotopic (exact) mass is 540 g/mol. The smallest absolute Gasteiger partial charge is 0.138 e. The molecule has 0 amide bonds. The van der Waals surface area contributed by atoms with Crippen LogP contribution in [-0.2, 0) is 13.1 Å². The third kappa shape index (κ3) is 4.92. The lowest BCUT2D eigenvalue weighted by molar-refractivity contribution is 0.469. The zero-order valence-electron chi connectivity index (χ0n) is 21.9. The van der Waals surface area contributed by atoms with Gasteiger partial charge in [0.05, 0.1) is 11.2 Å². The second kappa shape index (κ2) is 10.3. The van der Waals surface area contributed by atoms with Gasteiger partial charge in [0.2, 0.25) is 0 Å². The van der Waals surface area contributed by atoms with Crippen molar-refractivity contribution in [3.8, 4) is 39.4 Å². The van der Waals surface area contributed by atoms with E-state index in [-0.39, 0.29) is 5.75 Å². The summed E-state index contributed by atoms with van der Waals surface area (Å²) in [4.78, 5) is 12.3. The highest BCUT2D eigenvalue weighted by Crippen LogP contribution is 2.35. The minimum atomic E-state index is -0.503. The van der Waals surface area contributed by atoms with Crippen LogP contribution in [0.3, 0.4) is 0 Å². The molecule has 4 heterocycles. The summed E-state index contributed by atoms with van der Waals surface area (Å²) in [5, 5.41) is 22.9. The minimum absolute atomic E-state index is 0.128. The van der Waals surface area contributed by atoms with Gasteiger partial charge in [-0.05, 0) is 70.3 Å². The number of fused-ring (bicyclic) bond motifs is 2. The summed E-state index contributed by atoms with van der Waals surface area (Å²) in [5.74, 6) is -0.630. The third-order valence-electron chi connectivity index (χ3n) is 7.17. The number of pyridine rings is 2. The Morgan fingerprint density at radius 1 is 0.780 bits per heavy atom. The summed E-state index contributed by atoms with van der Waals surface area (Å²) in [6.45, 7) is 1.50. The van der Waals surface area contributed by atoms with E-state index in [4.69, 9.17) is 0 Å². The Kier molecular flexibility index (Phi) is 6.22. The fraction of sp³-hybridized carbons (Fsp3) is 0.0606. The van der Waals surface area contributed by atoms with Crippen molar-refractivity contribution in [2.45, 2.75) is 13.1 Å². The highest BCUT2D eigenvalue weighted by molar-refractivity contribution is 6.00.